The number of halogens is 2. The number of hydrogen-bond donors (Lipinski definition) is 2. The van der Waals surface area contributed by atoms with E-state index in [9.17, 15) is 8.78 Å². The lowest BCUT2D eigenvalue weighted by Gasteiger charge is -2.33. The third kappa shape index (κ3) is 2.84. The molecule has 2 saturated heterocycles. The summed E-state index contributed by atoms with van der Waals surface area (Å²) in [6, 6.07) is 3.94. The maximum atomic E-state index is 14.1. The van der Waals surface area contributed by atoms with Crippen LogP contribution in [0.15, 0.2) is 24.4 Å². The molecule has 1 spiro atoms. The highest BCUT2D eigenvalue weighted by atomic mass is 19.1. The molecule has 1 aromatic carbocycles. The van der Waals surface area contributed by atoms with E-state index in [0.717, 1.165) is 31.7 Å². The van der Waals surface area contributed by atoms with Gasteiger partial charge in [0.15, 0.2) is 0 Å². The first-order valence-corrected chi connectivity index (χ1v) is 8.57. The standard InChI is InChI=1S/C18H22F2N4/c19-14-2-1-3-15(20)16(14)17-13(10-22-23-17)11-24-9-6-18(12-24)4-7-21-8-5-18/h1-3,10,21H,4-9,11-12H2,(H,22,23). The van der Waals surface area contributed by atoms with Crippen LogP contribution in [0, 0.1) is 17.0 Å². The maximum Gasteiger partial charge on any atom is 0.135 e. The minimum Gasteiger partial charge on any atom is -0.317 e. The zero-order valence-electron chi connectivity index (χ0n) is 13.6. The molecule has 24 heavy (non-hydrogen) atoms. The molecule has 1 aromatic heterocycles. The zero-order chi connectivity index (χ0) is 16.6. The average Bonchev–Trinajstić information content (AvgIpc) is 3.17. The van der Waals surface area contributed by atoms with Crippen molar-refractivity contribution < 1.29 is 8.78 Å². The van der Waals surface area contributed by atoms with Gasteiger partial charge in [0.05, 0.1) is 17.5 Å². The predicted molar refractivity (Wildman–Crippen MR) is 88.4 cm³/mol. The largest absolute Gasteiger partial charge is 0.317 e. The quantitative estimate of drug-likeness (QED) is 0.908. The molecule has 6 heteroatoms. The number of piperidine rings is 1. The van der Waals surface area contributed by atoms with Gasteiger partial charge in [0.1, 0.15) is 11.6 Å². The molecular weight excluding hydrogens is 310 g/mol. The SMILES string of the molecule is Fc1cccc(F)c1-c1[nH]ncc1CN1CCC2(CCNCC2)C1. The van der Waals surface area contributed by atoms with Gasteiger partial charge >= 0.3 is 0 Å². The fraction of sp³-hybridized carbons (Fsp3) is 0.500. The summed E-state index contributed by atoms with van der Waals surface area (Å²) < 4.78 is 28.2. The van der Waals surface area contributed by atoms with E-state index in [-0.39, 0.29) is 5.56 Å². The van der Waals surface area contributed by atoms with Gasteiger partial charge in [-0.25, -0.2) is 8.78 Å². The van der Waals surface area contributed by atoms with E-state index in [1.54, 1.807) is 6.20 Å². The summed E-state index contributed by atoms with van der Waals surface area (Å²) >= 11 is 0. The summed E-state index contributed by atoms with van der Waals surface area (Å²) in [6.07, 6.45) is 5.32. The highest BCUT2D eigenvalue weighted by Gasteiger charge is 2.38. The fourth-order valence-corrected chi connectivity index (χ4v) is 4.15. The van der Waals surface area contributed by atoms with Crippen molar-refractivity contribution in [1.29, 1.82) is 0 Å². The second-order valence-electron chi connectivity index (χ2n) is 7.08. The lowest BCUT2D eigenvalue weighted by molar-refractivity contribution is 0.194. The number of nitrogens with one attached hydrogen (secondary N) is 2. The van der Waals surface area contributed by atoms with E-state index in [1.807, 2.05) is 0 Å². The lowest BCUT2D eigenvalue weighted by atomic mass is 9.78. The van der Waals surface area contributed by atoms with Crippen molar-refractivity contribution in [2.24, 2.45) is 5.41 Å². The molecule has 2 N–H and O–H groups in total. The summed E-state index contributed by atoms with van der Waals surface area (Å²) in [5.74, 6) is -1.12. The molecule has 3 heterocycles. The lowest BCUT2D eigenvalue weighted by Crippen LogP contribution is -2.38. The Hall–Kier alpha value is -1.79. The van der Waals surface area contributed by atoms with Gasteiger partial charge in [0, 0.05) is 18.7 Å². The predicted octanol–water partition coefficient (Wildman–Crippen LogP) is 2.93. The number of rotatable bonds is 3. The molecule has 4 rings (SSSR count). The van der Waals surface area contributed by atoms with Crippen LogP contribution in [0.1, 0.15) is 24.8 Å². The molecular formula is C18H22F2N4. The van der Waals surface area contributed by atoms with Crippen molar-refractivity contribution in [2.45, 2.75) is 25.8 Å². The van der Waals surface area contributed by atoms with Crippen LogP contribution in [0.4, 0.5) is 8.78 Å². The Morgan fingerprint density at radius 2 is 1.88 bits per heavy atom. The van der Waals surface area contributed by atoms with E-state index >= 15 is 0 Å². The van der Waals surface area contributed by atoms with Crippen LogP contribution >= 0.6 is 0 Å². The van der Waals surface area contributed by atoms with Crippen molar-refractivity contribution >= 4 is 0 Å². The van der Waals surface area contributed by atoms with Crippen LogP contribution in [-0.4, -0.2) is 41.3 Å². The molecule has 4 nitrogen and oxygen atoms in total. The van der Waals surface area contributed by atoms with E-state index in [0.29, 0.717) is 17.7 Å². The molecule has 0 amide bonds. The zero-order valence-corrected chi connectivity index (χ0v) is 13.6. The Morgan fingerprint density at radius 1 is 1.12 bits per heavy atom. The van der Waals surface area contributed by atoms with Crippen molar-refractivity contribution in [1.82, 2.24) is 20.4 Å². The highest BCUT2D eigenvalue weighted by molar-refractivity contribution is 5.64. The normalized spacial score (nSPS) is 20.8. The molecule has 0 unspecified atom stereocenters. The smallest absolute Gasteiger partial charge is 0.135 e. The number of hydrogen-bond acceptors (Lipinski definition) is 3. The molecule has 128 valence electrons. The molecule has 0 bridgehead atoms. The molecule has 0 radical (unpaired) electrons. The van der Waals surface area contributed by atoms with Gasteiger partial charge in [-0.15, -0.1) is 0 Å². The maximum absolute atomic E-state index is 14.1. The van der Waals surface area contributed by atoms with Crippen LogP contribution in [0.3, 0.4) is 0 Å². The molecule has 0 atom stereocenters. The van der Waals surface area contributed by atoms with Gasteiger partial charge < -0.3 is 5.32 Å². The summed E-state index contributed by atoms with van der Waals surface area (Å²) in [7, 11) is 0. The van der Waals surface area contributed by atoms with Crippen LogP contribution in [0.5, 0.6) is 0 Å². The number of nitrogens with zero attached hydrogens (tertiary/aromatic N) is 2. The summed E-state index contributed by atoms with van der Waals surface area (Å²) in [5, 5.41) is 10.2. The van der Waals surface area contributed by atoms with Gasteiger partial charge in [-0.05, 0) is 56.4 Å². The van der Waals surface area contributed by atoms with Gasteiger partial charge in [-0.2, -0.15) is 5.10 Å². The van der Waals surface area contributed by atoms with Crippen LogP contribution in [0.2, 0.25) is 0 Å². The minimum atomic E-state index is -0.559. The van der Waals surface area contributed by atoms with Crippen LogP contribution < -0.4 is 5.32 Å². The third-order valence-electron chi connectivity index (χ3n) is 5.51. The number of aromatic amines is 1. The third-order valence-corrected chi connectivity index (χ3v) is 5.51. The Balaban J connectivity index is 1.54. The Kier molecular flexibility index (Phi) is 4.10. The molecule has 2 aliphatic rings. The molecule has 0 saturated carbocycles. The Bertz CT molecular complexity index is 701. The molecule has 0 aliphatic carbocycles. The summed E-state index contributed by atoms with van der Waals surface area (Å²) in [6.45, 7) is 4.94. The van der Waals surface area contributed by atoms with Crippen molar-refractivity contribution in [2.75, 3.05) is 26.2 Å². The van der Waals surface area contributed by atoms with E-state index < -0.39 is 11.6 Å². The van der Waals surface area contributed by atoms with Crippen LogP contribution in [-0.2, 0) is 6.54 Å². The monoisotopic (exact) mass is 332 g/mol. The van der Waals surface area contributed by atoms with Crippen LogP contribution in [0.25, 0.3) is 11.3 Å². The summed E-state index contributed by atoms with van der Waals surface area (Å²) in [5.41, 5.74) is 1.71. The first kappa shape index (κ1) is 15.7. The first-order valence-electron chi connectivity index (χ1n) is 8.57. The van der Waals surface area contributed by atoms with Crippen molar-refractivity contribution in [3.63, 3.8) is 0 Å². The molecule has 2 aliphatic heterocycles. The number of likely N-dealkylation sites (tertiary alicyclic amines) is 1. The van der Waals surface area contributed by atoms with Gasteiger partial charge in [0.25, 0.3) is 0 Å². The Morgan fingerprint density at radius 3 is 2.62 bits per heavy atom. The van der Waals surface area contributed by atoms with E-state index in [1.165, 1.54) is 37.5 Å². The van der Waals surface area contributed by atoms with E-state index in [2.05, 4.69) is 20.4 Å². The first-order chi connectivity index (χ1) is 11.7. The average molecular weight is 332 g/mol. The van der Waals surface area contributed by atoms with Crippen molar-refractivity contribution in [3.8, 4) is 11.3 Å². The second-order valence-corrected chi connectivity index (χ2v) is 7.08. The van der Waals surface area contributed by atoms with Gasteiger partial charge in [-0.1, -0.05) is 6.07 Å². The summed E-state index contributed by atoms with van der Waals surface area (Å²) in [4.78, 5) is 2.39. The van der Waals surface area contributed by atoms with Gasteiger partial charge in [-0.3, -0.25) is 10.00 Å². The van der Waals surface area contributed by atoms with E-state index in [4.69, 9.17) is 0 Å². The topological polar surface area (TPSA) is 44.0 Å². The van der Waals surface area contributed by atoms with Gasteiger partial charge in [0.2, 0.25) is 0 Å². The fourth-order valence-electron chi connectivity index (χ4n) is 4.15. The number of benzene rings is 1. The van der Waals surface area contributed by atoms with Crippen molar-refractivity contribution in [3.05, 3.63) is 41.6 Å². The Labute approximate surface area is 140 Å². The second kappa shape index (κ2) is 6.26. The number of H-pyrrole nitrogens is 1. The highest BCUT2D eigenvalue weighted by Crippen LogP contribution is 2.39. The molecule has 2 aromatic rings. The molecule has 2 fully saturated rings. The minimum absolute atomic E-state index is 0.0132. The number of aromatic nitrogens is 2.